The van der Waals surface area contributed by atoms with Crippen molar-refractivity contribution in [3.05, 3.63) is 60.2 Å². The molecule has 0 spiro atoms. The van der Waals surface area contributed by atoms with Gasteiger partial charge in [0.15, 0.2) is 0 Å². The number of aromatic nitrogens is 2. The van der Waals surface area contributed by atoms with Crippen molar-refractivity contribution in [2.24, 2.45) is 5.92 Å². The van der Waals surface area contributed by atoms with Gasteiger partial charge in [-0.3, -0.25) is 14.8 Å². The molecule has 1 N–H and O–H groups in total. The maximum atomic E-state index is 12.3. The monoisotopic (exact) mass is 325 g/mol. The minimum absolute atomic E-state index is 0.169. The normalized spacial score (nSPS) is 16.8. The number of hydrogen-bond donors (Lipinski definition) is 1. The third-order valence-corrected chi connectivity index (χ3v) is 4.68. The van der Waals surface area contributed by atoms with Gasteiger partial charge < -0.3 is 10.0 Å². The van der Waals surface area contributed by atoms with E-state index in [0.717, 1.165) is 30.5 Å². The van der Waals surface area contributed by atoms with Crippen LogP contribution in [0.5, 0.6) is 0 Å². The molecule has 0 bridgehead atoms. The van der Waals surface area contributed by atoms with Crippen LogP contribution in [0.25, 0.3) is 0 Å². The van der Waals surface area contributed by atoms with E-state index >= 15 is 0 Å². The fraction of sp³-hybridized carbons (Fsp3) is 0.421. The lowest BCUT2D eigenvalue weighted by molar-refractivity contribution is -0.133. The highest BCUT2D eigenvalue weighted by atomic mass is 16.3. The standard InChI is InChI=1S/C19H23N3O2/c23-18(7-6-15-4-3-10-20-14-15)22-12-8-16(9-13-22)19(24)17-5-1-2-11-21-17/h1-5,10-11,14,16,19,24H,6-9,12-13H2/t19-/m0/s1. The summed E-state index contributed by atoms with van der Waals surface area (Å²) in [5.41, 5.74) is 1.81. The first-order valence-electron chi connectivity index (χ1n) is 8.49. The van der Waals surface area contributed by atoms with Gasteiger partial charge >= 0.3 is 0 Å². The Morgan fingerprint density at radius 3 is 2.71 bits per heavy atom. The zero-order valence-electron chi connectivity index (χ0n) is 13.7. The number of rotatable bonds is 5. The van der Waals surface area contributed by atoms with Crippen LogP contribution < -0.4 is 0 Å². The van der Waals surface area contributed by atoms with E-state index in [1.807, 2.05) is 41.4 Å². The Morgan fingerprint density at radius 1 is 1.21 bits per heavy atom. The Balaban J connectivity index is 1.47. The number of carbonyl (C=O) groups excluding carboxylic acids is 1. The van der Waals surface area contributed by atoms with Crippen molar-refractivity contribution in [1.82, 2.24) is 14.9 Å². The van der Waals surface area contributed by atoms with Crippen LogP contribution in [0.4, 0.5) is 0 Å². The van der Waals surface area contributed by atoms with Gasteiger partial charge in [-0.25, -0.2) is 0 Å². The van der Waals surface area contributed by atoms with Gasteiger partial charge in [-0.1, -0.05) is 12.1 Å². The van der Waals surface area contributed by atoms with E-state index in [9.17, 15) is 9.90 Å². The lowest BCUT2D eigenvalue weighted by Crippen LogP contribution is -2.40. The molecule has 1 aliphatic rings. The van der Waals surface area contributed by atoms with Gasteiger partial charge in [0.05, 0.1) is 11.8 Å². The van der Waals surface area contributed by atoms with Crippen LogP contribution in [0.2, 0.25) is 0 Å². The summed E-state index contributed by atoms with van der Waals surface area (Å²) in [7, 11) is 0. The van der Waals surface area contributed by atoms with Crippen molar-refractivity contribution in [2.75, 3.05) is 13.1 Å². The maximum absolute atomic E-state index is 12.3. The highest BCUT2D eigenvalue weighted by Crippen LogP contribution is 2.29. The second kappa shape index (κ2) is 8.02. The van der Waals surface area contributed by atoms with Crippen LogP contribution >= 0.6 is 0 Å². The first-order valence-corrected chi connectivity index (χ1v) is 8.49. The number of pyridine rings is 2. The summed E-state index contributed by atoms with van der Waals surface area (Å²) >= 11 is 0. The topological polar surface area (TPSA) is 66.3 Å². The molecule has 5 nitrogen and oxygen atoms in total. The zero-order chi connectivity index (χ0) is 16.8. The Hall–Kier alpha value is -2.27. The van der Waals surface area contributed by atoms with Crippen LogP contribution in [0.1, 0.15) is 36.6 Å². The number of aryl methyl sites for hydroxylation is 1. The molecule has 1 fully saturated rings. The van der Waals surface area contributed by atoms with E-state index in [1.165, 1.54) is 0 Å². The van der Waals surface area contributed by atoms with Crippen LogP contribution in [-0.4, -0.2) is 39.0 Å². The van der Waals surface area contributed by atoms with Crippen molar-refractivity contribution >= 4 is 5.91 Å². The number of aliphatic hydroxyl groups is 1. The molecule has 3 heterocycles. The fourth-order valence-corrected chi connectivity index (χ4v) is 3.21. The first kappa shape index (κ1) is 16.6. The number of nitrogens with zero attached hydrogens (tertiary/aromatic N) is 3. The van der Waals surface area contributed by atoms with Crippen molar-refractivity contribution in [2.45, 2.75) is 31.8 Å². The minimum Gasteiger partial charge on any atom is -0.387 e. The maximum Gasteiger partial charge on any atom is 0.222 e. The third kappa shape index (κ3) is 4.17. The molecule has 2 aromatic heterocycles. The molecule has 0 aromatic carbocycles. The molecule has 0 saturated carbocycles. The third-order valence-electron chi connectivity index (χ3n) is 4.68. The van der Waals surface area contributed by atoms with Crippen molar-refractivity contribution in [1.29, 1.82) is 0 Å². The second-order valence-corrected chi connectivity index (χ2v) is 6.28. The van der Waals surface area contributed by atoms with E-state index in [-0.39, 0.29) is 11.8 Å². The molecular formula is C19H23N3O2. The summed E-state index contributed by atoms with van der Waals surface area (Å²) in [4.78, 5) is 22.6. The molecule has 0 radical (unpaired) electrons. The molecule has 1 atom stereocenters. The lowest BCUT2D eigenvalue weighted by Gasteiger charge is -2.34. The molecule has 1 saturated heterocycles. The van der Waals surface area contributed by atoms with Gasteiger partial charge in [-0.2, -0.15) is 0 Å². The van der Waals surface area contributed by atoms with E-state index in [0.29, 0.717) is 19.5 Å². The second-order valence-electron chi connectivity index (χ2n) is 6.28. The predicted octanol–water partition coefficient (Wildman–Crippen LogP) is 2.38. The first-order chi connectivity index (χ1) is 11.7. The van der Waals surface area contributed by atoms with E-state index in [4.69, 9.17) is 0 Å². The summed E-state index contributed by atoms with van der Waals surface area (Å²) in [6, 6.07) is 9.48. The van der Waals surface area contributed by atoms with E-state index in [2.05, 4.69) is 9.97 Å². The SMILES string of the molecule is O=C(CCc1cccnc1)N1CCC([C@H](O)c2ccccn2)CC1. The predicted molar refractivity (Wildman–Crippen MR) is 91.1 cm³/mol. The number of piperidine rings is 1. The Labute approximate surface area is 142 Å². The molecule has 1 aliphatic heterocycles. The molecule has 0 aliphatic carbocycles. The van der Waals surface area contributed by atoms with Gasteiger partial charge in [0.2, 0.25) is 5.91 Å². The van der Waals surface area contributed by atoms with Gasteiger partial charge in [-0.05, 0) is 48.9 Å². The smallest absolute Gasteiger partial charge is 0.222 e. The molecule has 1 amide bonds. The molecule has 0 unspecified atom stereocenters. The fourth-order valence-electron chi connectivity index (χ4n) is 3.21. The molecule has 5 heteroatoms. The summed E-state index contributed by atoms with van der Waals surface area (Å²) in [5, 5.41) is 10.4. The van der Waals surface area contributed by atoms with E-state index in [1.54, 1.807) is 12.4 Å². The number of aliphatic hydroxyl groups excluding tert-OH is 1. The number of amides is 1. The molecular weight excluding hydrogens is 302 g/mol. The number of hydrogen-bond acceptors (Lipinski definition) is 4. The van der Waals surface area contributed by atoms with Crippen molar-refractivity contribution in [3.63, 3.8) is 0 Å². The molecule has 2 aromatic rings. The molecule has 3 rings (SSSR count). The summed E-state index contributed by atoms with van der Waals surface area (Å²) in [5.74, 6) is 0.354. The highest BCUT2D eigenvalue weighted by Gasteiger charge is 2.28. The Morgan fingerprint density at radius 2 is 2.04 bits per heavy atom. The number of carbonyl (C=O) groups is 1. The average Bonchev–Trinajstić information content (AvgIpc) is 2.67. The van der Waals surface area contributed by atoms with Crippen LogP contribution in [0, 0.1) is 5.92 Å². The zero-order valence-corrected chi connectivity index (χ0v) is 13.7. The quantitative estimate of drug-likeness (QED) is 0.916. The Bertz CT molecular complexity index is 640. The van der Waals surface area contributed by atoms with Crippen molar-refractivity contribution < 1.29 is 9.90 Å². The molecule has 24 heavy (non-hydrogen) atoms. The largest absolute Gasteiger partial charge is 0.387 e. The molecule has 126 valence electrons. The minimum atomic E-state index is -0.543. The van der Waals surface area contributed by atoms with Crippen LogP contribution in [0.3, 0.4) is 0 Å². The van der Waals surface area contributed by atoms with E-state index < -0.39 is 6.10 Å². The van der Waals surface area contributed by atoms with Gasteiger partial charge in [0.1, 0.15) is 0 Å². The average molecular weight is 325 g/mol. The number of likely N-dealkylation sites (tertiary alicyclic amines) is 1. The summed E-state index contributed by atoms with van der Waals surface area (Å²) in [6.07, 6.45) is 7.58. The van der Waals surface area contributed by atoms with Gasteiger partial charge in [0.25, 0.3) is 0 Å². The van der Waals surface area contributed by atoms with Gasteiger partial charge in [0, 0.05) is 38.1 Å². The van der Waals surface area contributed by atoms with Gasteiger partial charge in [-0.15, -0.1) is 0 Å². The Kier molecular flexibility index (Phi) is 5.54. The van der Waals surface area contributed by atoms with Crippen LogP contribution in [0.15, 0.2) is 48.9 Å². The highest BCUT2D eigenvalue weighted by molar-refractivity contribution is 5.76. The lowest BCUT2D eigenvalue weighted by atomic mass is 9.89. The summed E-state index contributed by atoms with van der Waals surface area (Å²) in [6.45, 7) is 1.42. The van der Waals surface area contributed by atoms with Crippen molar-refractivity contribution in [3.8, 4) is 0 Å². The van der Waals surface area contributed by atoms with Crippen LogP contribution in [-0.2, 0) is 11.2 Å². The summed E-state index contributed by atoms with van der Waals surface area (Å²) < 4.78 is 0.